The maximum Gasteiger partial charge on any atom is 0.327 e. The Bertz CT molecular complexity index is 632. The summed E-state index contributed by atoms with van der Waals surface area (Å²) < 4.78 is 18.8. The normalized spacial score (nSPS) is 10.1. The van der Waals surface area contributed by atoms with E-state index in [4.69, 9.17) is 4.74 Å². The van der Waals surface area contributed by atoms with Crippen LogP contribution in [-0.2, 0) is 0 Å². The van der Waals surface area contributed by atoms with Gasteiger partial charge in [0.1, 0.15) is 11.4 Å². The number of hydrogen-bond acceptors (Lipinski definition) is 4. The van der Waals surface area contributed by atoms with E-state index in [-0.39, 0.29) is 5.69 Å². The lowest BCUT2D eigenvalue weighted by Crippen LogP contribution is -2.00. The van der Waals surface area contributed by atoms with Gasteiger partial charge in [-0.25, -0.2) is 0 Å². The van der Waals surface area contributed by atoms with Crippen molar-refractivity contribution in [2.24, 2.45) is 0 Å². The van der Waals surface area contributed by atoms with Crippen molar-refractivity contribution in [2.75, 3.05) is 11.9 Å². The zero-order chi connectivity index (χ0) is 14.5. The molecule has 0 unspecified atom stereocenters. The van der Waals surface area contributed by atoms with E-state index < -0.39 is 16.4 Å². The van der Waals surface area contributed by atoms with Crippen molar-refractivity contribution in [3.05, 3.63) is 58.4 Å². The van der Waals surface area contributed by atoms with Gasteiger partial charge in [0.15, 0.2) is 0 Å². The Morgan fingerprint density at radius 1 is 1.30 bits per heavy atom. The lowest BCUT2D eigenvalue weighted by atomic mass is 10.2. The molecule has 0 saturated heterocycles. The van der Waals surface area contributed by atoms with Crippen LogP contribution in [0.2, 0.25) is 0 Å². The van der Waals surface area contributed by atoms with E-state index >= 15 is 0 Å². The number of para-hydroxylation sites is 1. The van der Waals surface area contributed by atoms with Crippen LogP contribution in [0.25, 0.3) is 0 Å². The van der Waals surface area contributed by atoms with E-state index in [1.54, 1.807) is 24.3 Å². The van der Waals surface area contributed by atoms with E-state index in [9.17, 15) is 14.5 Å². The number of nitro groups is 1. The van der Waals surface area contributed by atoms with E-state index in [1.165, 1.54) is 12.1 Å². The predicted octanol–water partition coefficient (Wildman–Crippen LogP) is 3.88. The zero-order valence-corrected chi connectivity index (χ0v) is 10.8. The lowest BCUT2D eigenvalue weighted by Gasteiger charge is -2.09. The molecule has 2 rings (SSSR count). The molecule has 0 aliphatic heterocycles. The number of benzene rings is 2. The molecule has 0 spiro atoms. The minimum atomic E-state index is -0.874. The third-order valence-electron chi connectivity index (χ3n) is 2.59. The predicted molar refractivity (Wildman–Crippen MR) is 73.9 cm³/mol. The van der Waals surface area contributed by atoms with Crippen LogP contribution in [0.15, 0.2) is 42.5 Å². The van der Waals surface area contributed by atoms with Gasteiger partial charge in [-0.15, -0.1) is 0 Å². The van der Waals surface area contributed by atoms with Gasteiger partial charge >= 0.3 is 5.69 Å². The molecule has 5 nitrogen and oxygen atoms in total. The van der Waals surface area contributed by atoms with E-state index in [0.29, 0.717) is 18.0 Å². The Balaban J connectivity index is 2.32. The number of ether oxygens (including phenoxy) is 1. The number of hydrogen-bond donors (Lipinski definition) is 1. The fourth-order valence-corrected chi connectivity index (χ4v) is 1.79. The van der Waals surface area contributed by atoms with Crippen LogP contribution in [0.5, 0.6) is 5.75 Å². The largest absolute Gasteiger partial charge is 0.494 e. The average Bonchev–Trinajstić information content (AvgIpc) is 2.39. The Morgan fingerprint density at radius 2 is 2.05 bits per heavy atom. The average molecular weight is 276 g/mol. The van der Waals surface area contributed by atoms with Crippen LogP contribution in [-0.4, -0.2) is 11.5 Å². The van der Waals surface area contributed by atoms with E-state index in [0.717, 1.165) is 6.07 Å². The number of anilines is 2. The van der Waals surface area contributed by atoms with Gasteiger partial charge in [-0.1, -0.05) is 12.1 Å². The first-order valence-corrected chi connectivity index (χ1v) is 6.04. The minimum Gasteiger partial charge on any atom is -0.494 e. The van der Waals surface area contributed by atoms with Crippen LogP contribution in [0.3, 0.4) is 0 Å². The van der Waals surface area contributed by atoms with Crippen molar-refractivity contribution in [1.82, 2.24) is 0 Å². The van der Waals surface area contributed by atoms with Crippen molar-refractivity contribution >= 4 is 17.1 Å². The molecular weight excluding hydrogens is 263 g/mol. The number of halogens is 1. The summed E-state index contributed by atoms with van der Waals surface area (Å²) in [5.41, 5.74) is 0.114. The molecule has 6 heteroatoms. The molecule has 0 radical (unpaired) electrons. The highest BCUT2D eigenvalue weighted by Crippen LogP contribution is 2.30. The van der Waals surface area contributed by atoms with Gasteiger partial charge in [0.05, 0.1) is 11.5 Å². The first-order chi connectivity index (χ1) is 9.61. The Labute approximate surface area is 115 Å². The van der Waals surface area contributed by atoms with Crippen molar-refractivity contribution in [2.45, 2.75) is 6.92 Å². The number of nitro benzene ring substituents is 1. The summed E-state index contributed by atoms with van der Waals surface area (Å²) in [5.74, 6) is -0.238. The van der Waals surface area contributed by atoms with Gasteiger partial charge < -0.3 is 10.1 Å². The second-order valence-electron chi connectivity index (χ2n) is 3.98. The van der Waals surface area contributed by atoms with Crippen LogP contribution >= 0.6 is 0 Å². The van der Waals surface area contributed by atoms with E-state index in [2.05, 4.69) is 5.32 Å². The molecule has 2 aromatic carbocycles. The van der Waals surface area contributed by atoms with Gasteiger partial charge in [-0.3, -0.25) is 10.1 Å². The maximum absolute atomic E-state index is 13.5. The van der Waals surface area contributed by atoms with Crippen molar-refractivity contribution < 1.29 is 14.1 Å². The summed E-state index contributed by atoms with van der Waals surface area (Å²) in [6, 6.07) is 10.9. The number of rotatable bonds is 5. The van der Waals surface area contributed by atoms with Crippen LogP contribution < -0.4 is 10.1 Å². The van der Waals surface area contributed by atoms with Gasteiger partial charge in [-0.05, 0) is 31.2 Å². The molecule has 0 aliphatic carbocycles. The molecule has 0 bridgehead atoms. The standard InChI is InChI=1S/C14H13FN2O3/c1-2-20-11-6-3-5-10(9-11)16-13-8-4-7-12(15)14(13)17(18)19/h3-9,16H,2H2,1H3. The summed E-state index contributed by atoms with van der Waals surface area (Å²) in [7, 11) is 0. The third kappa shape index (κ3) is 3.03. The smallest absolute Gasteiger partial charge is 0.327 e. The molecule has 0 fully saturated rings. The SMILES string of the molecule is CCOc1cccc(Nc2cccc(F)c2[N+](=O)[O-])c1. The summed E-state index contributed by atoms with van der Waals surface area (Å²) in [6.45, 7) is 2.38. The maximum atomic E-state index is 13.5. The minimum absolute atomic E-state index is 0.101. The monoisotopic (exact) mass is 276 g/mol. The fraction of sp³-hybridized carbons (Fsp3) is 0.143. The summed E-state index contributed by atoms with van der Waals surface area (Å²) in [6.07, 6.45) is 0. The highest BCUT2D eigenvalue weighted by atomic mass is 19.1. The Kier molecular flexibility index (Phi) is 4.14. The number of nitrogens with one attached hydrogen (secondary N) is 1. The van der Waals surface area contributed by atoms with Crippen LogP contribution in [0, 0.1) is 15.9 Å². The topological polar surface area (TPSA) is 64.4 Å². The van der Waals surface area contributed by atoms with Crippen molar-refractivity contribution in [1.29, 1.82) is 0 Å². The summed E-state index contributed by atoms with van der Waals surface area (Å²) in [4.78, 5) is 10.2. The second-order valence-corrected chi connectivity index (χ2v) is 3.98. The summed E-state index contributed by atoms with van der Waals surface area (Å²) in [5, 5.41) is 13.7. The molecule has 0 saturated carbocycles. The van der Waals surface area contributed by atoms with Gasteiger partial charge in [-0.2, -0.15) is 4.39 Å². The highest BCUT2D eigenvalue weighted by Gasteiger charge is 2.19. The molecule has 0 aromatic heterocycles. The van der Waals surface area contributed by atoms with Gasteiger partial charge in [0, 0.05) is 11.8 Å². The molecule has 104 valence electrons. The first kappa shape index (κ1) is 13.8. The second kappa shape index (κ2) is 6.01. The molecular formula is C14H13FN2O3. The van der Waals surface area contributed by atoms with E-state index in [1.807, 2.05) is 6.92 Å². The Morgan fingerprint density at radius 3 is 2.75 bits per heavy atom. The lowest BCUT2D eigenvalue weighted by molar-refractivity contribution is -0.386. The molecule has 0 amide bonds. The first-order valence-electron chi connectivity index (χ1n) is 6.04. The molecule has 0 atom stereocenters. The highest BCUT2D eigenvalue weighted by molar-refractivity contribution is 5.70. The molecule has 1 N–H and O–H groups in total. The third-order valence-corrected chi connectivity index (χ3v) is 2.59. The van der Waals surface area contributed by atoms with Gasteiger partial charge in [0.2, 0.25) is 5.82 Å². The summed E-state index contributed by atoms with van der Waals surface area (Å²) >= 11 is 0. The number of nitrogens with zero attached hydrogens (tertiary/aromatic N) is 1. The quantitative estimate of drug-likeness (QED) is 0.665. The van der Waals surface area contributed by atoms with Crippen LogP contribution in [0.4, 0.5) is 21.5 Å². The van der Waals surface area contributed by atoms with Crippen molar-refractivity contribution in [3.63, 3.8) is 0 Å². The Hall–Kier alpha value is -2.63. The van der Waals surface area contributed by atoms with Crippen molar-refractivity contribution in [3.8, 4) is 5.75 Å². The molecule has 2 aromatic rings. The molecule has 0 heterocycles. The fourth-order valence-electron chi connectivity index (χ4n) is 1.79. The van der Waals surface area contributed by atoms with Gasteiger partial charge in [0.25, 0.3) is 0 Å². The zero-order valence-electron chi connectivity index (χ0n) is 10.8. The molecule has 0 aliphatic rings. The van der Waals surface area contributed by atoms with Crippen LogP contribution in [0.1, 0.15) is 6.92 Å². The molecule has 20 heavy (non-hydrogen) atoms.